The van der Waals surface area contributed by atoms with Crippen LogP contribution >= 0.6 is 0 Å². The van der Waals surface area contributed by atoms with Crippen LogP contribution in [-0.2, 0) is 22.7 Å². The number of para-hydroxylation sites is 1. The smallest absolute Gasteiger partial charge is 0.373 e. The van der Waals surface area contributed by atoms with E-state index in [1.54, 1.807) is 30.3 Å². The van der Waals surface area contributed by atoms with E-state index in [2.05, 4.69) is 10.1 Å². The van der Waals surface area contributed by atoms with Crippen LogP contribution in [0.4, 0.5) is 10.5 Å². The molecule has 0 saturated carbocycles. The van der Waals surface area contributed by atoms with Crippen molar-refractivity contribution in [1.29, 1.82) is 0 Å². The van der Waals surface area contributed by atoms with Crippen molar-refractivity contribution in [2.75, 3.05) is 14.2 Å². The molecule has 2 aromatic carbocycles. The molecule has 0 aliphatic carbocycles. The van der Waals surface area contributed by atoms with E-state index in [1.807, 2.05) is 0 Å². The Labute approximate surface area is 210 Å². The molecule has 4 rings (SSSR count). The Morgan fingerprint density at radius 1 is 1.14 bits per heavy atom. The normalized spacial score (nSPS) is 14.0. The van der Waals surface area contributed by atoms with E-state index in [1.165, 1.54) is 44.6 Å². The van der Waals surface area contributed by atoms with Crippen molar-refractivity contribution in [2.45, 2.75) is 13.2 Å². The van der Waals surface area contributed by atoms with E-state index in [0.29, 0.717) is 16.9 Å². The van der Waals surface area contributed by atoms with Crippen molar-refractivity contribution in [3.05, 3.63) is 93.1 Å². The first-order valence-electron chi connectivity index (χ1n) is 10.9. The lowest BCUT2D eigenvalue weighted by Crippen LogP contribution is -2.30. The van der Waals surface area contributed by atoms with Crippen LogP contribution in [0.25, 0.3) is 6.08 Å². The Kier molecular flexibility index (Phi) is 7.19. The second-order valence-electron chi connectivity index (χ2n) is 7.73. The number of amides is 3. The number of hydrogen-bond donors (Lipinski definition) is 1. The van der Waals surface area contributed by atoms with E-state index in [4.69, 9.17) is 13.9 Å². The number of imide groups is 1. The lowest BCUT2D eigenvalue weighted by atomic mass is 10.1. The Balaban J connectivity index is 1.56. The largest absolute Gasteiger partial charge is 0.493 e. The number of rotatable bonds is 9. The third-order valence-electron chi connectivity index (χ3n) is 5.36. The number of hydrogen-bond acceptors (Lipinski definition) is 9. The second kappa shape index (κ2) is 10.6. The average Bonchev–Trinajstić information content (AvgIpc) is 3.47. The number of nitro benzene ring substituents is 1. The Morgan fingerprint density at radius 2 is 1.92 bits per heavy atom. The number of nitrogens with zero attached hydrogens (tertiary/aromatic N) is 2. The SMILES string of the molecule is COC(=O)c1ccc(CN2C(=O)N/C(=C/c3cccc(OC)c3OCc3cccc([N+](=O)[O-])c3)C2=O)o1. The lowest BCUT2D eigenvalue weighted by Gasteiger charge is -2.14. The minimum absolute atomic E-state index is 0.00826. The van der Waals surface area contributed by atoms with Crippen molar-refractivity contribution in [3.63, 3.8) is 0 Å². The fraction of sp³-hybridized carbons (Fsp3) is 0.160. The maximum atomic E-state index is 13.0. The summed E-state index contributed by atoms with van der Waals surface area (Å²) in [6.07, 6.45) is 1.44. The van der Waals surface area contributed by atoms with Crippen molar-refractivity contribution in [2.24, 2.45) is 0 Å². The fourth-order valence-electron chi connectivity index (χ4n) is 3.58. The number of nitro groups is 1. The van der Waals surface area contributed by atoms with Gasteiger partial charge in [0.05, 0.1) is 25.7 Å². The first kappa shape index (κ1) is 25.0. The van der Waals surface area contributed by atoms with Crippen LogP contribution in [0.2, 0.25) is 0 Å². The summed E-state index contributed by atoms with van der Waals surface area (Å²) in [4.78, 5) is 48.5. The predicted molar refractivity (Wildman–Crippen MR) is 128 cm³/mol. The number of ether oxygens (including phenoxy) is 3. The Bertz CT molecular complexity index is 1410. The first-order valence-corrected chi connectivity index (χ1v) is 10.9. The zero-order valence-corrected chi connectivity index (χ0v) is 19.8. The molecule has 1 fully saturated rings. The topological polar surface area (TPSA) is 150 Å². The highest BCUT2D eigenvalue weighted by molar-refractivity contribution is 6.14. The molecule has 1 saturated heterocycles. The molecule has 1 aromatic heterocycles. The van der Waals surface area contributed by atoms with Gasteiger partial charge in [-0.25, -0.2) is 9.59 Å². The van der Waals surface area contributed by atoms with Crippen LogP contribution in [0, 0.1) is 10.1 Å². The minimum atomic E-state index is -0.681. The third-order valence-corrected chi connectivity index (χ3v) is 5.36. The summed E-state index contributed by atoms with van der Waals surface area (Å²) < 4.78 is 21.2. The molecule has 190 valence electrons. The van der Waals surface area contributed by atoms with Crippen molar-refractivity contribution >= 4 is 29.7 Å². The molecule has 1 aliphatic rings. The molecule has 0 spiro atoms. The van der Waals surface area contributed by atoms with Gasteiger partial charge < -0.3 is 23.9 Å². The molecule has 3 aromatic rings. The van der Waals surface area contributed by atoms with Crippen molar-refractivity contribution in [3.8, 4) is 11.5 Å². The van der Waals surface area contributed by atoms with Gasteiger partial charge in [0.1, 0.15) is 18.1 Å². The van der Waals surface area contributed by atoms with Crippen LogP contribution in [0.5, 0.6) is 11.5 Å². The van der Waals surface area contributed by atoms with E-state index >= 15 is 0 Å². The molecule has 0 bridgehead atoms. The van der Waals surface area contributed by atoms with E-state index in [-0.39, 0.29) is 41.8 Å². The summed E-state index contributed by atoms with van der Waals surface area (Å²) >= 11 is 0. The van der Waals surface area contributed by atoms with Crippen LogP contribution in [0.1, 0.15) is 27.4 Å². The molecule has 0 radical (unpaired) electrons. The summed E-state index contributed by atoms with van der Waals surface area (Å²) in [5, 5.41) is 13.6. The molecule has 0 atom stereocenters. The van der Waals surface area contributed by atoms with Gasteiger partial charge in [-0.2, -0.15) is 0 Å². The van der Waals surface area contributed by atoms with Crippen LogP contribution in [-0.4, -0.2) is 42.0 Å². The number of nitrogens with one attached hydrogen (secondary N) is 1. The van der Waals surface area contributed by atoms with Gasteiger partial charge in [0.15, 0.2) is 11.5 Å². The molecule has 0 unspecified atom stereocenters. The Morgan fingerprint density at radius 3 is 2.65 bits per heavy atom. The van der Waals surface area contributed by atoms with Gasteiger partial charge >= 0.3 is 12.0 Å². The van der Waals surface area contributed by atoms with Crippen LogP contribution in [0.3, 0.4) is 0 Å². The molecule has 37 heavy (non-hydrogen) atoms. The van der Waals surface area contributed by atoms with Crippen molar-refractivity contribution < 1.29 is 37.9 Å². The first-order chi connectivity index (χ1) is 17.8. The number of carbonyl (C=O) groups is 3. The van der Waals surface area contributed by atoms with Crippen LogP contribution in [0.15, 0.2) is 64.7 Å². The fourth-order valence-corrected chi connectivity index (χ4v) is 3.58. The van der Waals surface area contributed by atoms with Gasteiger partial charge in [-0.3, -0.25) is 19.8 Å². The molecule has 12 nitrogen and oxygen atoms in total. The zero-order chi connectivity index (χ0) is 26.5. The summed E-state index contributed by atoms with van der Waals surface area (Å²) in [6, 6.07) is 13.2. The molecule has 1 aliphatic heterocycles. The van der Waals surface area contributed by atoms with E-state index < -0.39 is 22.8 Å². The van der Waals surface area contributed by atoms with Gasteiger partial charge in [0.2, 0.25) is 5.76 Å². The van der Waals surface area contributed by atoms with E-state index in [0.717, 1.165) is 4.90 Å². The second-order valence-corrected chi connectivity index (χ2v) is 7.73. The Hall–Kier alpha value is -5.13. The van der Waals surface area contributed by atoms with Gasteiger partial charge in [-0.1, -0.05) is 24.3 Å². The summed E-state index contributed by atoms with van der Waals surface area (Å²) in [6.45, 7) is -0.209. The summed E-state index contributed by atoms with van der Waals surface area (Å²) in [7, 11) is 2.65. The maximum Gasteiger partial charge on any atom is 0.373 e. The molecular formula is C25H21N3O9. The molecule has 1 N–H and O–H groups in total. The standard InChI is InChI=1S/C25H21N3O9/c1-34-20-8-4-6-16(22(20)36-14-15-5-3-7-17(11-15)28(32)33)12-19-23(29)27(25(31)26-19)13-18-9-10-21(37-18)24(30)35-2/h3-12H,13-14H2,1-2H3,(H,26,31)/b19-12+. The number of furan rings is 1. The summed E-state index contributed by atoms with van der Waals surface area (Å²) in [5.74, 6) is -0.500. The van der Waals surface area contributed by atoms with Gasteiger partial charge in [-0.15, -0.1) is 0 Å². The highest BCUT2D eigenvalue weighted by Gasteiger charge is 2.34. The molecule has 3 amide bonds. The molecular weight excluding hydrogens is 486 g/mol. The highest BCUT2D eigenvalue weighted by atomic mass is 16.6. The number of non-ortho nitro benzene ring substituents is 1. The van der Waals surface area contributed by atoms with Gasteiger partial charge in [0.25, 0.3) is 11.6 Å². The zero-order valence-electron chi connectivity index (χ0n) is 19.8. The molecule has 12 heteroatoms. The number of carbonyl (C=O) groups excluding carboxylic acids is 3. The quantitative estimate of drug-likeness (QED) is 0.150. The minimum Gasteiger partial charge on any atom is -0.493 e. The average molecular weight is 507 g/mol. The predicted octanol–water partition coefficient (Wildman–Crippen LogP) is 3.65. The van der Waals surface area contributed by atoms with Gasteiger partial charge in [-0.05, 0) is 29.8 Å². The highest BCUT2D eigenvalue weighted by Crippen LogP contribution is 2.34. The van der Waals surface area contributed by atoms with Gasteiger partial charge in [0, 0.05) is 17.7 Å². The molecule has 2 heterocycles. The van der Waals surface area contributed by atoms with E-state index in [9.17, 15) is 24.5 Å². The lowest BCUT2D eigenvalue weighted by molar-refractivity contribution is -0.384. The van der Waals surface area contributed by atoms with Crippen molar-refractivity contribution in [1.82, 2.24) is 10.2 Å². The summed E-state index contributed by atoms with van der Waals surface area (Å²) in [5.41, 5.74) is 0.900. The number of esters is 1. The third kappa shape index (κ3) is 5.42. The van der Waals surface area contributed by atoms with Crippen LogP contribution < -0.4 is 14.8 Å². The monoisotopic (exact) mass is 507 g/mol. The number of methoxy groups -OCH3 is 2. The number of urea groups is 1. The maximum absolute atomic E-state index is 13.0. The number of benzene rings is 2.